The molecule has 0 saturated heterocycles. The molecule has 0 aliphatic rings. The Bertz CT molecular complexity index is 684. The Morgan fingerprint density at radius 3 is 2.75 bits per heavy atom. The molecule has 2 aromatic rings. The normalized spacial score (nSPS) is 13.3. The number of aliphatic hydroxyl groups is 1. The summed E-state index contributed by atoms with van der Waals surface area (Å²) in [6.45, 7) is 1.72. The molecule has 0 aliphatic heterocycles. The van der Waals surface area contributed by atoms with E-state index in [1.54, 1.807) is 25.1 Å². The van der Waals surface area contributed by atoms with Crippen molar-refractivity contribution in [3.05, 3.63) is 51.2 Å². The van der Waals surface area contributed by atoms with Crippen LogP contribution in [-0.4, -0.2) is 20.1 Å². The second-order valence-electron chi connectivity index (χ2n) is 4.29. The number of rotatable bonds is 5. The fraction of sp³-hybridized carbons (Fsp3) is 0.231. The van der Waals surface area contributed by atoms with Gasteiger partial charge in [-0.25, -0.2) is 13.1 Å². The van der Waals surface area contributed by atoms with E-state index in [9.17, 15) is 13.5 Å². The predicted octanol–water partition coefficient (Wildman–Crippen LogP) is 2.72. The minimum atomic E-state index is -3.68. The van der Waals surface area contributed by atoms with Crippen molar-refractivity contribution < 1.29 is 13.5 Å². The molecule has 1 heterocycles. The SMILES string of the molecule is Cc1ccc(S(=O)(=O)NC[C@H](O)c2cccs2)cc1Cl. The number of hydrogen-bond acceptors (Lipinski definition) is 4. The largest absolute Gasteiger partial charge is 0.386 e. The summed E-state index contributed by atoms with van der Waals surface area (Å²) in [5.74, 6) is 0. The van der Waals surface area contributed by atoms with Gasteiger partial charge in [-0.2, -0.15) is 0 Å². The molecular formula is C13H14ClNO3S2. The van der Waals surface area contributed by atoms with Gasteiger partial charge in [0.1, 0.15) is 6.10 Å². The Kier molecular flexibility index (Phi) is 4.82. The maximum Gasteiger partial charge on any atom is 0.240 e. The number of aryl methyl sites for hydroxylation is 1. The van der Waals surface area contributed by atoms with Crippen LogP contribution in [0.15, 0.2) is 40.6 Å². The first kappa shape index (κ1) is 15.5. The molecule has 0 spiro atoms. The van der Waals surface area contributed by atoms with E-state index in [4.69, 9.17) is 11.6 Å². The first-order valence-corrected chi connectivity index (χ1v) is 8.61. The Morgan fingerprint density at radius 1 is 1.40 bits per heavy atom. The van der Waals surface area contributed by atoms with Crippen molar-refractivity contribution in [2.75, 3.05) is 6.54 Å². The van der Waals surface area contributed by atoms with Crippen molar-refractivity contribution in [3.63, 3.8) is 0 Å². The molecule has 1 atom stereocenters. The van der Waals surface area contributed by atoms with E-state index >= 15 is 0 Å². The third-order valence-electron chi connectivity index (χ3n) is 2.79. The third kappa shape index (κ3) is 3.59. The zero-order chi connectivity index (χ0) is 14.8. The van der Waals surface area contributed by atoms with Gasteiger partial charge in [0.15, 0.2) is 0 Å². The van der Waals surface area contributed by atoms with Crippen LogP contribution in [0, 0.1) is 6.92 Å². The van der Waals surface area contributed by atoms with Gasteiger partial charge in [0.05, 0.1) is 4.90 Å². The molecule has 4 nitrogen and oxygen atoms in total. The molecule has 0 amide bonds. The Morgan fingerprint density at radius 2 is 2.15 bits per heavy atom. The van der Waals surface area contributed by atoms with Gasteiger partial charge in [-0.15, -0.1) is 11.3 Å². The first-order valence-electron chi connectivity index (χ1n) is 5.87. The number of benzene rings is 1. The second kappa shape index (κ2) is 6.24. The quantitative estimate of drug-likeness (QED) is 0.885. The summed E-state index contributed by atoms with van der Waals surface area (Å²) in [5, 5.41) is 12.1. The van der Waals surface area contributed by atoms with E-state index in [-0.39, 0.29) is 11.4 Å². The van der Waals surface area contributed by atoms with Gasteiger partial charge in [0.2, 0.25) is 10.0 Å². The zero-order valence-corrected chi connectivity index (χ0v) is 13.1. The summed E-state index contributed by atoms with van der Waals surface area (Å²) >= 11 is 7.30. The lowest BCUT2D eigenvalue weighted by Gasteiger charge is -2.11. The number of aliphatic hydroxyl groups excluding tert-OH is 1. The summed E-state index contributed by atoms with van der Waals surface area (Å²) < 4.78 is 26.6. The molecule has 2 N–H and O–H groups in total. The number of halogens is 1. The molecule has 0 fully saturated rings. The lowest BCUT2D eigenvalue weighted by Crippen LogP contribution is -2.28. The number of thiophene rings is 1. The molecule has 0 radical (unpaired) electrons. The average Bonchev–Trinajstić information content (AvgIpc) is 2.93. The highest BCUT2D eigenvalue weighted by Crippen LogP contribution is 2.21. The molecule has 0 aliphatic carbocycles. The smallest absolute Gasteiger partial charge is 0.240 e. The van der Waals surface area contributed by atoms with Crippen LogP contribution in [0.2, 0.25) is 5.02 Å². The lowest BCUT2D eigenvalue weighted by atomic mass is 10.2. The number of sulfonamides is 1. The Balaban J connectivity index is 2.09. The molecule has 108 valence electrons. The average molecular weight is 332 g/mol. The Labute approximate surface area is 127 Å². The molecule has 0 bridgehead atoms. The molecular weight excluding hydrogens is 318 g/mol. The maximum atomic E-state index is 12.1. The summed E-state index contributed by atoms with van der Waals surface area (Å²) in [5.41, 5.74) is 0.809. The van der Waals surface area contributed by atoms with Crippen LogP contribution in [-0.2, 0) is 10.0 Å². The molecule has 7 heteroatoms. The van der Waals surface area contributed by atoms with Crippen molar-refractivity contribution in [1.82, 2.24) is 4.72 Å². The number of hydrogen-bond donors (Lipinski definition) is 2. The van der Waals surface area contributed by atoms with Gasteiger partial charge in [-0.3, -0.25) is 0 Å². The van der Waals surface area contributed by atoms with E-state index in [0.717, 1.165) is 10.4 Å². The van der Waals surface area contributed by atoms with Gasteiger partial charge in [-0.05, 0) is 36.1 Å². The van der Waals surface area contributed by atoms with E-state index in [1.807, 2.05) is 5.38 Å². The highest BCUT2D eigenvalue weighted by molar-refractivity contribution is 7.89. The van der Waals surface area contributed by atoms with Gasteiger partial charge in [0, 0.05) is 16.4 Å². The van der Waals surface area contributed by atoms with Crippen LogP contribution in [0.1, 0.15) is 16.5 Å². The minimum Gasteiger partial charge on any atom is -0.386 e. The molecule has 20 heavy (non-hydrogen) atoms. The lowest BCUT2D eigenvalue weighted by molar-refractivity contribution is 0.186. The second-order valence-corrected chi connectivity index (χ2v) is 7.45. The van der Waals surface area contributed by atoms with E-state index < -0.39 is 16.1 Å². The van der Waals surface area contributed by atoms with Gasteiger partial charge in [0.25, 0.3) is 0 Å². The van der Waals surface area contributed by atoms with Crippen molar-refractivity contribution in [2.24, 2.45) is 0 Å². The van der Waals surface area contributed by atoms with E-state index in [2.05, 4.69) is 4.72 Å². The summed E-state index contributed by atoms with van der Waals surface area (Å²) in [7, 11) is -3.68. The van der Waals surface area contributed by atoms with Crippen LogP contribution < -0.4 is 4.72 Å². The standard InChI is InChI=1S/C13H14ClNO3S2/c1-9-4-5-10(7-11(9)14)20(17,18)15-8-12(16)13-3-2-6-19-13/h2-7,12,15-16H,8H2,1H3/t12-/m0/s1. The van der Waals surface area contributed by atoms with Gasteiger partial charge >= 0.3 is 0 Å². The molecule has 0 unspecified atom stereocenters. The summed E-state index contributed by atoms with van der Waals surface area (Å²) in [6.07, 6.45) is -0.856. The zero-order valence-electron chi connectivity index (χ0n) is 10.7. The molecule has 2 rings (SSSR count). The maximum absolute atomic E-state index is 12.1. The van der Waals surface area contributed by atoms with Crippen LogP contribution in [0.25, 0.3) is 0 Å². The number of nitrogens with one attached hydrogen (secondary N) is 1. The van der Waals surface area contributed by atoms with Crippen LogP contribution in [0.4, 0.5) is 0 Å². The predicted molar refractivity (Wildman–Crippen MR) is 80.7 cm³/mol. The van der Waals surface area contributed by atoms with Gasteiger partial charge < -0.3 is 5.11 Å². The van der Waals surface area contributed by atoms with Crippen molar-refractivity contribution in [1.29, 1.82) is 0 Å². The van der Waals surface area contributed by atoms with Gasteiger partial charge in [-0.1, -0.05) is 23.7 Å². The molecule has 0 saturated carbocycles. The monoisotopic (exact) mass is 331 g/mol. The van der Waals surface area contributed by atoms with Crippen molar-refractivity contribution in [2.45, 2.75) is 17.9 Å². The van der Waals surface area contributed by atoms with Crippen LogP contribution in [0.5, 0.6) is 0 Å². The summed E-state index contributed by atoms with van der Waals surface area (Å²) in [6, 6.07) is 8.09. The minimum absolute atomic E-state index is 0.0751. The van der Waals surface area contributed by atoms with E-state index in [0.29, 0.717) is 5.02 Å². The first-order chi connectivity index (χ1) is 9.40. The highest BCUT2D eigenvalue weighted by atomic mass is 35.5. The highest BCUT2D eigenvalue weighted by Gasteiger charge is 2.17. The van der Waals surface area contributed by atoms with E-state index in [1.165, 1.54) is 23.5 Å². The molecule has 1 aromatic heterocycles. The fourth-order valence-corrected chi connectivity index (χ4v) is 3.62. The third-order valence-corrected chi connectivity index (χ3v) is 5.59. The topological polar surface area (TPSA) is 66.4 Å². The van der Waals surface area contributed by atoms with Crippen LogP contribution >= 0.6 is 22.9 Å². The van der Waals surface area contributed by atoms with Crippen molar-refractivity contribution >= 4 is 33.0 Å². The molecule has 1 aromatic carbocycles. The fourth-order valence-electron chi connectivity index (χ4n) is 1.59. The Hall–Kier alpha value is -0.920. The summed E-state index contributed by atoms with van der Waals surface area (Å²) in [4.78, 5) is 0.807. The van der Waals surface area contributed by atoms with Crippen LogP contribution in [0.3, 0.4) is 0 Å². The van der Waals surface area contributed by atoms with Crippen molar-refractivity contribution in [3.8, 4) is 0 Å².